The van der Waals surface area contributed by atoms with Crippen LogP contribution in [0.4, 0.5) is 4.79 Å². The maximum atomic E-state index is 12.4. The molecule has 1 saturated heterocycles. The van der Waals surface area contributed by atoms with Crippen LogP contribution in [0.2, 0.25) is 0 Å². The van der Waals surface area contributed by atoms with Gasteiger partial charge in [-0.3, -0.25) is 14.5 Å². The Labute approximate surface area is 128 Å². The van der Waals surface area contributed by atoms with E-state index in [0.717, 1.165) is 23.3 Å². The highest BCUT2D eigenvalue weighted by molar-refractivity contribution is 6.09. The summed E-state index contributed by atoms with van der Waals surface area (Å²) < 4.78 is 0. The number of benzene rings is 1. The van der Waals surface area contributed by atoms with E-state index in [4.69, 9.17) is 0 Å². The van der Waals surface area contributed by atoms with Crippen LogP contribution >= 0.6 is 0 Å². The van der Waals surface area contributed by atoms with E-state index < -0.39 is 11.6 Å². The maximum absolute atomic E-state index is 12.4. The zero-order valence-electron chi connectivity index (χ0n) is 12.5. The van der Waals surface area contributed by atoms with Crippen LogP contribution in [0, 0.1) is 5.92 Å². The van der Waals surface area contributed by atoms with Crippen molar-refractivity contribution in [1.29, 1.82) is 0 Å². The summed E-state index contributed by atoms with van der Waals surface area (Å²) in [5.74, 6) is -0.441. The number of hydrogen-bond acceptors (Lipinski definition) is 3. The average molecular weight is 301 g/mol. The molecule has 1 aliphatic carbocycles. The van der Waals surface area contributed by atoms with E-state index in [9.17, 15) is 14.4 Å². The molecule has 0 spiro atoms. The second-order valence-electron chi connectivity index (χ2n) is 6.06. The molecule has 6 heteroatoms. The fraction of sp³-hybridized carbons (Fsp3) is 0.438. The van der Waals surface area contributed by atoms with Gasteiger partial charge in [0.2, 0.25) is 5.91 Å². The van der Waals surface area contributed by atoms with Crippen LogP contribution in [0.3, 0.4) is 0 Å². The Kier molecular flexibility index (Phi) is 3.60. The molecule has 2 N–H and O–H groups in total. The van der Waals surface area contributed by atoms with Gasteiger partial charge in [-0.1, -0.05) is 30.3 Å². The highest BCUT2D eigenvalue weighted by Gasteiger charge is 2.56. The van der Waals surface area contributed by atoms with Gasteiger partial charge in [0.15, 0.2) is 0 Å². The molecule has 2 aliphatic rings. The first-order valence-corrected chi connectivity index (χ1v) is 7.45. The molecule has 0 bridgehead atoms. The third-order valence-electron chi connectivity index (χ3n) is 4.33. The first kappa shape index (κ1) is 14.6. The van der Waals surface area contributed by atoms with E-state index in [1.165, 1.54) is 0 Å². The van der Waals surface area contributed by atoms with Crippen LogP contribution < -0.4 is 10.6 Å². The largest absolute Gasteiger partial charge is 0.350 e. The minimum absolute atomic E-state index is 0.196. The second kappa shape index (κ2) is 5.44. The zero-order chi connectivity index (χ0) is 15.7. The molecule has 4 amide bonds. The third-order valence-corrected chi connectivity index (χ3v) is 4.33. The van der Waals surface area contributed by atoms with Gasteiger partial charge >= 0.3 is 6.03 Å². The van der Waals surface area contributed by atoms with Crippen molar-refractivity contribution in [3.8, 4) is 0 Å². The Hall–Kier alpha value is -2.37. The molecule has 1 atom stereocenters. The Bertz CT molecular complexity index is 612. The molecule has 6 nitrogen and oxygen atoms in total. The van der Waals surface area contributed by atoms with Gasteiger partial charge in [0, 0.05) is 6.54 Å². The van der Waals surface area contributed by atoms with E-state index >= 15 is 0 Å². The predicted molar refractivity (Wildman–Crippen MR) is 79.7 cm³/mol. The van der Waals surface area contributed by atoms with Gasteiger partial charge in [0.25, 0.3) is 5.91 Å². The molecule has 1 aromatic rings. The molecule has 2 fully saturated rings. The Morgan fingerprint density at radius 1 is 1.32 bits per heavy atom. The first-order chi connectivity index (χ1) is 10.5. The normalized spacial score (nSPS) is 24.3. The number of imide groups is 1. The molecule has 1 saturated carbocycles. The van der Waals surface area contributed by atoms with Gasteiger partial charge in [0.1, 0.15) is 12.1 Å². The molecular weight excluding hydrogens is 282 g/mol. The van der Waals surface area contributed by atoms with Crippen molar-refractivity contribution in [3.05, 3.63) is 35.9 Å². The maximum Gasteiger partial charge on any atom is 0.325 e. The minimum atomic E-state index is -0.837. The summed E-state index contributed by atoms with van der Waals surface area (Å²) >= 11 is 0. The van der Waals surface area contributed by atoms with Crippen LogP contribution in [-0.4, -0.2) is 34.8 Å². The number of nitrogens with zero attached hydrogens (tertiary/aromatic N) is 1. The van der Waals surface area contributed by atoms with Crippen molar-refractivity contribution in [3.63, 3.8) is 0 Å². The number of carbonyl (C=O) groups is 3. The van der Waals surface area contributed by atoms with Gasteiger partial charge in [0.05, 0.1) is 0 Å². The van der Waals surface area contributed by atoms with E-state index in [-0.39, 0.29) is 24.3 Å². The lowest BCUT2D eigenvalue weighted by atomic mass is 9.96. The fourth-order valence-electron chi connectivity index (χ4n) is 2.79. The lowest BCUT2D eigenvalue weighted by Crippen LogP contribution is -2.46. The number of urea groups is 1. The molecule has 1 heterocycles. The average Bonchev–Trinajstić information content (AvgIpc) is 3.33. The van der Waals surface area contributed by atoms with Gasteiger partial charge in [-0.05, 0) is 31.2 Å². The summed E-state index contributed by atoms with van der Waals surface area (Å²) in [7, 11) is 0. The van der Waals surface area contributed by atoms with Gasteiger partial charge < -0.3 is 10.6 Å². The molecule has 0 aromatic heterocycles. The SMILES string of the molecule is CC1(C2CC2)NC(=O)N(CC(=O)NCc2ccccc2)C1=O. The van der Waals surface area contributed by atoms with Crippen molar-refractivity contribution < 1.29 is 14.4 Å². The molecule has 116 valence electrons. The van der Waals surface area contributed by atoms with E-state index in [2.05, 4.69) is 10.6 Å². The number of amides is 4. The van der Waals surface area contributed by atoms with Crippen LogP contribution in [0.5, 0.6) is 0 Å². The fourth-order valence-corrected chi connectivity index (χ4v) is 2.79. The summed E-state index contributed by atoms with van der Waals surface area (Å²) in [5, 5.41) is 5.45. The van der Waals surface area contributed by atoms with Crippen molar-refractivity contribution in [2.45, 2.75) is 31.8 Å². The van der Waals surface area contributed by atoms with Gasteiger partial charge in [-0.2, -0.15) is 0 Å². The number of nitrogens with one attached hydrogen (secondary N) is 2. The topological polar surface area (TPSA) is 78.5 Å². The Balaban J connectivity index is 1.57. The lowest BCUT2D eigenvalue weighted by Gasteiger charge is -2.20. The summed E-state index contributed by atoms with van der Waals surface area (Å²) in [6.07, 6.45) is 1.88. The molecule has 1 aliphatic heterocycles. The summed E-state index contributed by atoms with van der Waals surface area (Å²) in [6, 6.07) is 9.00. The number of rotatable bonds is 5. The van der Waals surface area contributed by atoms with Crippen molar-refractivity contribution >= 4 is 17.8 Å². The van der Waals surface area contributed by atoms with Crippen LogP contribution in [0.25, 0.3) is 0 Å². The quantitative estimate of drug-likeness (QED) is 0.797. The molecule has 0 radical (unpaired) electrons. The zero-order valence-corrected chi connectivity index (χ0v) is 12.5. The first-order valence-electron chi connectivity index (χ1n) is 7.45. The predicted octanol–water partition coefficient (Wildman–Crippen LogP) is 1.02. The number of carbonyl (C=O) groups excluding carboxylic acids is 3. The van der Waals surface area contributed by atoms with Gasteiger partial charge in [-0.15, -0.1) is 0 Å². The van der Waals surface area contributed by atoms with Crippen molar-refractivity contribution in [2.75, 3.05) is 6.54 Å². The van der Waals surface area contributed by atoms with Crippen LogP contribution in [0.15, 0.2) is 30.3 Å². The summed E-state index contributed by atoms with van der Waals surface area (Å²) in [6.45, 7) is 1.88. The molecule has 1 aromatic carbocycles. The third kappa shape index (κ3) is 2.68. The highest BCUT2D eigenvalue weighted by atomic mass is 16.2. The van der Waals surface area contributed by atoms with E-state index in [0.29, 0.717) is 6.54 Å². The standard InChI is InChI=1S/C16H19N3O3/c1-16(12-7-8-12)14(21)19(15(22)18-16)10-13(20)17-9-11-5-3-2-4-6-11/h2-6,12H,7-10H2,1H3,(H,17,20)(H,18,22). The van der Waals surface area contributed by atoms with Crippen molar-refractivity contribution in [2.24, 2.45) is 5.92 Å². The smallest absolute Gasteiger partial charge is 0.325 e. The Morgan fingerprint density at radius 3 is 2.64 bits per heavy atom. The molecule has 3 rings (SSSR count). The van der Waals surface area contributed by atoms with Crippen molar-refractivity contribution in [1.82, 2.24) is 15.5 Å². The van der Waals surface area contributed by atoms with Crippen LogP contribution in [0.1, 0.15) is 25.3 Å². The van der Waals surface area contributed by atoms with E-state index in [1.807, 2.05) is 30.3 Å². The molecule has 1 unspecified atom stereocenters. The minimum Gasteiger partial charge on any atom is -0.350 e. The second-order valence-corrected chi connectivity index (χ2v) is 6.06. The van der Waals surface area contributed by atoms with Crippen LogP contribution in [-0.2, 0) is 16.1 Å². The number of hydrogen-bond donors (Lipinski definition) is 2. The lowest BCUT2D eigenvalue weighted by molar-refractivity contribution is -0.135. The summed E-state index contributed by atoms with van der Waals surface area (Å²) in [5.41, 5.74) is 0.132. The van der Waals surface area contributed by atoms with E-state index in [1.54, 1.807) is 6.92 Å². The summed E-state index contributed by atoms with van der Waals surface area (Å²) in [4.78, 5) is 37.3. The van der Waals surface area contributed by atoms with Gasteiger partial charge in [-0.25, -0.2) is 4.79 Å². The Morgan fingerprint density at radius 2 is 2.00 bits per heavy atom. The monoisotopic (exact) mass is 301 g/mol. The molecule has 22 heavy (non-hydrogen) atoms. The molecular formula is C16H19N3O3. The highest BCUT2D eigenvalue weighted by Crippen LogP contribution is 2.42.